The van der Waals surface area contributed by atoms with E-state index in [0.717, 1.165) is 38.4 Å². The number of hydrogen-bond donors (Lipinski definition) is 2. The largest absolute Gasteiger partial charge is 0.401 e. The van der Waals surface area contributed by atoms with Crippen molar-refractivity contribution in [2.75, 3.05) is 70.9 Å². The van der Waals surface area contributed by atoms with Crippen molar-refractivity contribution < 1.29 is 17.6 Å². The summed E-state index contributed by atoms with van der Waals surface area (Å²) in [5.41, 5.74) is 1.04. The quantitative estimate of drug-likeness (QED) is 0.243. The first-order valence-corrected chi connectivity index (χ1v) is 10.3. The Morgan fingerprint density at radius 3 is 2.35 bits per heavy atom. The molecule has 2 heterocycles. The Morgan fingerprint density at radius 2 is 1.74 bits per heavy atom. The Hall–Kier alpha value is -1.34. The van der Waals surface area contributed by atoms with Crippen molar-refractivity contribution in [1.82, 2.24) is 20.4 Å². The Bertz CT molecular complexity index is 692. The first-order valence-electron chi connectivity index (χ1n) is 10.3. The summed E-state index contributed by atoms with van der Waals surface area (Å²) in [6, 6.07) is 6.55. The number of hydrogen-bond acceptors (Lipinski definition) is 4. The standard InChI is InChI=1S/C20H30F4N6.HI/c1-25-19(27-17-6-8-29(14-17)15-20(22,23)24)26-7-9-28-10-12-30(13-11-28)18-4-2-16(21)3-5-18;/h2-5,17H,6-15H2,1H3,(H2,25,26,27);1H. The lowest BCUT2D eigenvalue weighted by Crippen LogP contribution is -2.50. The van der Waals surface area contributed by atoms with Crippen LogP contribution in [0.2, 0.25) is 0 Å². The summed E-state index contributed by atoms with van der Waals surface area (Å²) in [6.07, 6.45) is -3.49. The molecular weight excluding hydrogens is 527 g/mol. The van der Waals surface area contributed by atoms with Gasteiger partial charge in [-0.1, -0.05) is 0 Å². The van der Waals surface area contributed by atoms with Crippen LogP contribution in [0.3, 0.4) is 0 Å². The number of guanidine groups is 1. The van der Waals surface area contributed by atoms with Gasteiger partial charge < -0.3 is 15.5 Å². The summed E-state index contributed by atoms with van der Waals surface area (Å²) in [4.78, 5) is 10.2. The van der Waals surface area contributed by atoms with Gasteiger partial charge in [0, 0.05) is 71.1 Å². The molecule has 2 fully saturated rings. The van der Waals surface area contributed by atoms with E-state index in [0.29, 0.717) is 32.0 Å². The smallest absolute Gasteiger partial charge is 0.369 e. The number of rotatable bonds is 6. The van der Waals surface area contributed by atoms with Gasteiger partial charge in [0.05, 0.1) is 6.54 Å². The molecule has 6 nitrogen and oxygen atoms in total. The molecule has 0 aliphatic carbocycles. The molecule has 11 heteroatoms. The number of piperazine rings is 1. The van der Waals surface area contributed by atoms with Crippen LogP contribution in [-0.2, 0) is 0 Å². The van der Waals surface area contributed by atoms with Crippen LogP contribution in [0.5, 0.6) is 0 Å². The normalized spacial score (nSPS) is 21.1. The minimum absolute atomic E-state index is 0. The topological polar surface area (TPSA) is 46.1 Å². The van der Waals surface area contributed by atoms with Crippen LogP contribution in [0, 0.1) is 5.82 Å². The number of anilines is 1. The summed E-state index contributed by atoms with van der Waals surface area (Å²) in [6.45, 7) is 5.10. The number of halogens is 5. The van der Waals surface area contributed by atoms with Crippen LogP contribution in [0.4, 0.5) is 23.2 Å². The number of benzene rings is 1. The van der Waals surface area contributed by atoms with Crippen molar-refractivity contribution in [1.29, 1.82) is 0 Å². The highest BCUT2D eigenvalue weighted by atomic mass is 127. The highest BCUT2D eigenvalue weighted by Crippen LogP contribution is 2.20. The van der Waals surface area contributed by atoms with E-state index in [2.05, 4.69) is 25.4 Å². The van der Waals surface area contributed by atoms with Crippen LogP contribution in [0.15, 0.2) is 29.3 Å². The maximum Gasteiger partial charge on any atom is 0.401 e. The third kappa shape index (κ3) is 8.60. The molecule has 1 aromatic carbocycles. The Kier molecular flexibility index (Phi) is 10.1. The fourth-order valence-electron chi connectivity index (χ4n) is 3.95. The predicted molar refractivity (Wildman–Crippen MR) is 126 cm³/mol. The van der Waals surface area contributed by atoms with E-state index >= 15 is 0 Å². The molecule has 1 atom stereocenters. The zero-order valence-electron chi connectivity index (χ0n) is 17.7. The van der Waals surface area contributed by atoms with E-state index in [1.807, 2.05) is 0 Å². The number of nitrogens with zero attached hydrogens (tertiary/aromatic N) is 4. The van der Waals surface area contributed by atoms with Crippen LogP contribution in [0.1, 0.15) is 6.42 Å². The molecule has 0 aromatic heterocycles. The Labute approximate surface area is 198 Å². The SMILES string of the molecule is CN=C(NCCN1CCN(c2ccc(F)cc2)CC1)NC1CCN(CC(F)(F)F)C1.I. The molecule has 1 aromatic rings. The van der Waals surface area contributed by atoms with Crippen molar-refractivity contribution in [2.24, 2.45) is 4.99 Å². The van der Waals surface area contributed by atoms with E-state index in [9.17, 15) is 17.6 Å². The van der Waals surface area contributed by atoms with Gasteiger partial charge in [-0.15, -0.1) is 24.0 Å². The number of alkyl halides is 3. The zero-order valence-corrected chi connectivity index (χ0v) is 20.0. The van der Waals surface area contributed by atoms with Crippen LogP contribution in [0.25, 0.3) is 0 Å². The summed E-state index contributed by atoms with van der Waals surface area (Å²) in [7, 11) is 1.67. The molecule has 2 saturated heterocycles. The second kappa shape index (κ2) is 12.0. The number of aliphatic imine (C=N–C) groups is 1. The molecule has 0 spiro atoms. The lowest BCUT2D eigenvalue weighted by atomic mass is 10.2. The van der Waals surface area contributed by atoms with Gasteiger partial charge in [0.15, 0.2) is 5.96 Å². The lowest BCUT2D eigenvalue weighted by Gasteiger charge is -2.36. The summed E-state index contributed by atoms with van der Waals surface area (Å²) < 4.78 is 50.6. The molecule has 2 aliphatic heterocycles. The van der Waals surface area contributed by atoms with Gasteiger partial charge in [0.2, 0.25) is 0 Å². The molecule has 0 amide bonds. The van der Waals surface area contributed by atoms with E-state index in [-0.39, 0.29) is 35.8 Å². The van der Waals surface area contributed by atoms with Gasteiger partial charge in [0.25, 0.3) is 0 Å². The van der Waals surface area contributed by atoms with Crippen molar-refractivity contribution >= 4 is 35.6 Å². The van der Waals surface area contributed by atoms with Crippen LogP contribution >= 0.6 is 24.0 Å². The molecule has 0 saturated carbocycles. The first-order chi connectivity index (χ1) is 14.3. The molecule has 1 unspecified atom stereocenters. The highest BCUT2D eigenvalue weighted by molar-refractivity contribution is 14.0. The predicted octanol–water partition coefficient (Wildman–Crippen LogP) is 2.37. The number of nitrogens with one attached hydrogen (secondary N) is 2. The van der Waals surface area contributed by atoms with Gasteiger partial charge in [-0.05, 0) is 30.7 Å². The summed E-state index contributed by atoms with van der Waals surface area (Å²) in [5.74, 6) is 0.398. The van der Waals surface area contributed by atoms with Gasteiger partial charge in [0.1, 0.15) is 5.82 Å². The van der Waals surface area contributed by atoms with Gasteiger partial charge in [-0.25, -0.2) is 4.39 Å². The molecule has 2 aliphatic rings. The van der Waals surface area contributed by atoms with Crippen LogP contribution < -0.4 is 15.5 Å². The second-order valence-electron chi connectivity index (χ2n) is 7.78. The Balaban J connectivity index is 0.00000341. The molecule has 0 bridgehead atoms. The third-order valence-electron chi connectivity index (χ3n) is 5.52. The first kappa shape index (κ1) is 25.9. The highest BCUT2D eigenvalue weighted by Gasteiger charge is 2.34. The molecular formula is C20H31F4IN6. The molecule has 31 heavy (non-hydrogen) atoms. The lowest BCUT2D eigenvalue weighted by molar-refractivity contribution is -0.143. The van der Waals surface area contributed by atoms with E-state index in [1.54, 1.807) is 19.2 Å². The fourth-order valence-corrected chi connectivity index (χ4v) is 3.95. The average Bonchev–Trinajstić information content (AvgIpc) is 3.13. The van der Waals surface area contributed by atoms with Crippen molar-refractivity contribution in [3.05, 3.63) is 30.1 Å². The van der Waals surface area contributed by atoms with Crippen LogP contribution in [-0.4, -0.2) is 93.9 Å². The second-order valence-corrected chi connectivity index (χ2v) is 7.78. The third-order valence-corrected chi connectivity index (χ3v) is 5.52. The minimum atomic E-state index is -4.16. The van der Waals surface area contributed by atoms with Crippen molar-refractivity contribution in [2.45, 2.75) is 18.6 Å². The van der Waals surface area contributed by atoms with Gasteiger partial charge in [-0.3, -0.25) is 14.8 Å². The van der Waals surface area contributed by atoms with Gasteiger partial charge >= 0.3 is 6.18 Å². The van der Waals surface area contributed by atoms with E-state index in [1.165, 1.54) is 17.0 Å². The molecule has 176 valence electrons. The maximum atomic E-state index is 13.1. The van der Waals surface area contributed by atoms with E-state index < -0.39 is 12.7 Å². The summed E-state index contributed by atoms with van der Waals surface area (Å²) >= 11 is 0. The Morgan fingerprint density at radius 1 is 1.06 bits per heavy atom. The van der Waals surface area contributed by atoms with E-state index in [4.69, 9.17) is 0 Å². The van der Waals surface area contributed by atoms with Crippen molar-refractivity contribution in [3.8, 4) is 0 Å². The summed E-state index contributed by atoms with van der Waals surface area (Å²) in [5, 5.41) is 6.48. The van der Waals surface area contributed by atoms with Gasteiger partial charge in [-0.2, -0.15) is 13.2 Å². The maximum absolute atomic E-state index is 13.1. The molecule has 3 rings (SSSR count). The molecule has 0 radical (unpaired) electrons. The zero-order chi connectivity index (χ0) is 21.6. The van der Waals surface area contributed by atoms with Crippen molar-refractivity contribution in [3.63, 3.8) is 0 Å². The minimum Gasteiger partial charge on any atom is -0.369 e. The average molecular weight is 558 g/mol. The number of likely N-dealkylation sites (tertiary alicyclic amines) is 1. The molecule has 2 N–H and O–H groups in total. The fraction of sp³-hybridized carbons (Fsp3) is 0.650. The monoisotopic (exact) mass is 558 g/mol.